The van der Waals surface area contributed by atoms with Crippen LogP contribution in [0.4, 0.5) is 0 Å². The maximum Gasteiger partial charge on any atom is 0.472 e. The van der Waals surface area contributed by atoms with Crippen molar-refractivity contribution in [1.82, 2.24) is 0 Å². The molecule has 5 unspecified atom stereocenters. The number of carbonyl (C=O) groups excluding carboxylic acids is 3. The van der Waals surface area contributed by atoms with Crippen molar-refractivity contribution in [1.29, 1.82) is 0 Å². The predicted molar refractivity (Wildman–Crippen MR) is 435 cm³/mol. The smallest absolute Gasteiger partial charge is 0.463 e. The Kier molecular flexibility index (Phi) is 75.1. The molecule has 0 aliphatic heterocycles. The van der Waals surface area contributed by atoms with Crippen LogP contribution in [0, 0.1) is 0 Å². The molecule has 0 fully saturated rings. The lowest BCUT2D eigenvalue weighted by Gasteiger charge is -2.21. The molecule has 5 atom stereocenters. The fourth-order valence-electron chi connectivity index (χ4n) is 10.6. The highest BCUT2D eigenvalue weighted by molar-refractivity contribution is 7.47. The lowest BCUT2D eigenvalue weighted by atomic mass is 10.0. The van der Waals surface area contributed by atoms with Crippen LogP contribution in [0.5, 0.6) is 0 Å². The molecule has 0 aliphatic carbocycles. The molecule has 0 aromatic heterocycles. The van der Waals surface area contributed by atoms with Gasteiger partial charge in [-0.1, -0.05) is 314 Å². The predicted octanol–water partition coefficient (Wildman–Crippen LogP) is 24.2. The van der Waals surface area contributed by atoms with E-state index in [0.717, 1.165) is 154 Å². The van der Waals surface area contributed by atoms with Gasteiger partial charge in [-0.05, 0) is 141 Å². The summed E-state index contributed by atoms with van der Waals surface area (Å²) >= 11 is 0. The number of hydrogen-bond acceptors (Lipinski definition) is 14. The van der Waals surface area contributed by atoms with E-state index < -0.39 is 91.5 Å². The van der Waals surface area contributed by atoms with Crippen LogP contribution in [0.2, 0.25) is 0 Å². The second-order valence-electron chi connectivity index (χ2n) is 26.8. The van der Waals surface area contributed by atoms with E-state index in [2.05, 4.69) is 179 Å². The summed E-state index contributed by atoms with van der Waals surface area (Å²) in [4.78, 5) is 58.6. The lowest BCUT2D eigenvalue weighted by molar-refractivity contribution is -0.161. The minimum absolute atomic E-state index is 0.0667. The fourth-order valence-corrected chi connectivity index (χ4v) is 12.2. The molecule has 0 heterocycles. The molecule has 0 aliphatic rings. The third kappa shape index (κ3) is 80.0. The maximum absolute atomic E-state index is 13.0. The molecule has 16 nitrogen and oxygen atoms in total. The highest BCUT2D eigenvalue weighted by Gasteiger charge is 2.29. The first-order valence-electron chi connectivity index (χ1n) is 40.8. The summed E-state index contributed by atoms with van der Waals surface area (Å²) in [5.74, 6) is -1.63. The van der Waals surface area contributed by atoms with Gasteiger partial charge < -0.3 is 34.2 Å². The van der Waals surface area contributed by atoms with Crippen LogP contribution in [0.25, 0.3) is 0 Å². The van der Waals surface area contributed by atoms with Crippen LogP contribution < -0.4 is 0 Å². The van der Waals surface area contributed by atoms with Gasteiger partial charge in [0.05, 0.1) is 26.4 Å². The molecule has 0 aromatic rings. The number of phosphoric ester groups is 2. The molecule has 0 amide bonds. The molecular formula is C87H146O16P2. The summed E-state index contributed by atoms with van der Waals surface area (Å²) < 4.78 is 61.1. The second-order valence-corrected chi connectivity index (χ2v) is 29.7. The van der Waals surface area contributed by atoms with E-state index >= 15 is 0 Å². The van der Waals surface area contributed by atoms with Crippen LogP contribution in [0.15, 0.2) is 158 Å². The third-order valence-electron chi connectivity index (χ3n) is 16.7. The van der Waals surface area contributed by atoms with Gasteiger partial charge in [0.2, 0.25) is 0 Å². The van der Waals surface area contributed by atoms with Crippen molar-refractivity contribution in [2.45, 2.75) is 334 Å². The number of aliphatic hydroxyl groups excluding tert-OH is 2. The van der Waals surface area contributed by atoms with E-state index in [1.165, 1.54) is 103 Å². The zero-order valence-corrected chi connectivity index (χ0v) is 67.4. The Hall–Kier alpha value is -4.83. The highest BCUT2D eigenvalue weighted by atomic mass is 31.2. The average molecular weight is 1510 g/mol. The van der Waals surface area contributed by atoms with Crippen molar-refractivity contribution in [3.8, 4) is 0 Å². The first-order chi connectivity index (χ1) is 51.2. The number of allylic oxidation sites excluding steroid dienone is 26. The lowest BCUT2D eigenvalue weighted by Crippen LogP contribution is -2.30. The Bertz CT molecular complexity index is 2540. The summed E-state index contributed by atoms with van der Waals surface area (Å²) in [5, 5.41) is 20.7. The standard InChI is InChI=1S/C87H146O16P2/c1-4-7-10-13-16-19-22-25-28-31-32-33-34-35-36-37-38-39-40-41-42-43-44-45-46-47-48-51-53-55-58-61-64-67-70-73-85(90)97-76-82(88)77-99-104(93,94)100-78-83(89)79-101-105(95,96)102-81-84(103-87(92)75-72-69-66-63-60-57-54-50-30-27-24-21-18-15-12-9-6-3)80-98-86(91)74-71-68-65-62-59-56-52-49-29-26-23-20-17-14-11-8-5-2/h7-12,16-21,25-30,32-33,35-36,52,54,56-57,82-84,88-89H,4-6,13-15,22-24,31,34,37-51,53,55,58-81H2,1-3H3,(H,93,94)(H,95,96)/b10-7-,11-8-,12-9-,19-16-,20-17-,21-18-,28-25-,29-26-,30-27-,33-32-,36-35-,56-52-,57-54-. The number of rotatable bonds is 76. The van der Waals surface area contributed by atoms with Gasteiger partial charge >= 0.3 is 33.6 Å². The zero-order valence-electron chi connectivity index (χ0n) is 65.6. The van der Waals surface area contributed by atoms with E-state index in [1.807, 2.05) is 0 Å². The Morgan fingerprint density at radius 1 is 0.267 bits per heavy atom. The topological polar surface area (TPSA) is 231 Å². The summed E-state index contributed by atoms with van der Waals surface area (Å²) in [7, 11) is -9.81. The molecule has 0 spiro atoms. The minimum atomic E-state index is -4.95. The second kappa shape index (κ2) is 78.7. The van der Waals surface area contributed by atoms with Crippen LogP contribution >= 0.6 is 15.6 Å². The Balaban J connectivity index is 4.44. The molecule has 18 heteroatoms. The molecule has 0 rings (SSSR count). The average Bonchev–Trinajstić information content (AvgIpc) is 0.911. The van der Waals surface area contributed by atoms with Gasteiger partial charge in [-0.25, -0.2) is 9.13 Å². The Morgan fingerprint density at radius 3 is 0.752 bits per heavy atom. The number of phosphoric acid groups is 2. The van der Waals surface area contributed by atoms with Gasteiger partial charge in [0.15, 0.2) is 6.10 Å². The van der Waals surface area contributed by atoms with Crippen molar-refractivity contribution in [2.75, 3.05) is 39.6 Å². The number of esters is 3. The molecule has 0 saturated carbocycles. The molecule has 0 bridgehead atoms. The summed E-state index contributed by atoms with van der Waals surface area (Å²) in [6, 6.07) is 0. The van der Waals surface area contributed by atoms with Gasteiger partial charge in [-0.3, -0.25) is 32.5 Å². The van der Waals surface area contributed by atoms with Crippen molar-refractivity contribution < 1.29 is 75.8 Å². The first-order valence-corrected chi connectivity index (χ1v) is 43.8. The molecule has 105 heavy (non-hydrogen) atoms. The number of ether oxygens (including phenoxy) is 3. The van der Waals surface area contributed by atoms with Crippen molar-refractivity contribution >= 4 is 33.6 Å². The van der Waals surface area contributed by atoms with Gasteiger partial charge in [0.25, 0.3) is 0 Å². The van der Waals surface area contributed by atoms with Crippen LogP contribution in [-0.4, -0.2) is 95.9 Å². The number of unbranched alkanes of at least 4 members (excludes halogenated alkanes) is 27. The normalized spacial score (nSPS) is 14.8. The van der Waals surface area contributed by atoms with Gasteiger partial charge in [-0.2, -0.15) is 0 Å². The molecule has 0 radical (unpaired) electrons. The minimum Gasteiger partial charge on any atom is -0.463 e. The highest BCUT2D eigenvalue weighted by Crippen LogP contribution is 2.45. The van der Waals surface area contributed by atoms with E-state index in [1.54, 1.807) is 0 Å². The number of carbonyl (C=O) groups is 3. The van der Waals surface area contributed by atoms with Gasteiger partial charge in [0, 0.05) is 19.3 Å². The monoisotopic (exact) mass is 1510 g/mol. The fraction of sp³-hybridized carbons (Fsp3) is 0.667. The van der Waals surface area contributed by atoms with Crippen molar-refractivity contribution in [2.24, 2.45) is 0 Å². The summed E-state index contributed by atoms with van der Waals surface area (Å²) in [6.07, 6.45) is 98.9. The van der Waals surface area contributed by atoms with E-state index in [-0.39, 0.29) is 19.3 Å². The zero-order chi connectivity index (χ0) is 76.6. The van der Waals surface area contributed by atoms with Crippen LogP contribution in [0.1, 0.15) is 316 Å². The summed E-state index contributed by atoms with van der Waals surface area (Å²) in [6.45, 7) is 2.28. The van der Waals surface area contributed by atoms with Crippen molar-refractivity contribution in [3.63, 3.8) is 0 Å². The Morgan fingerprint density at radius 2 is 0.476 bits per heavy atom. The van der Waals surface area contributed by atoms with Crippen LogP contribution in [0.3, 0.4) is 0 Å². The maximum atomic E-state index is 13.0. The quantitative estimate of drug-likeness (QED) is 0.0146. The summed E-state index contributed by atoms with van der Waals surface area (Å²) in [5.41, 5.74) is 0. The van der Waals surface area contributed by atoms with Gasteiger partial charge in [0.1, 0.15) is 25.4 Å². The van der Waals surface area contributed by atoms with Crippen LogP contribution in [-0.2, 0) is 55.8 Å². The number of aliphatic hydroxyl groups is 2. The van der Waals surface area contributed by atoms with E-state index in [4.69, 9.17) is 32.3 Å². The molecule has 4 N–H and O–H groups in total. The molecular weight excluding hydrogens is 1360 g/mol. The van der Waals surface area contributed by atoms with E-state index in [9.17, 15) is 43.5 Å². The largest absolute Gasteiger partial charge is 0.472 e. The first kappa shape index (κ1) is 100. The van der Waals surface area contributed by atoms with Gasteiger partial charge in [-0.15, -0.1) is 0 Å². The molecule has 0 aromatic carbocycles. The van der Waals surface area contributed by atoms with Crippen molar-refractivity contribution in [3.05, 3.63) is 158 Å². The number of hydrogen-bond donors (Lipinski definition) is 4. The molecule has 0 saturated heterocycles. The third-order valence-corrected chi connectivity index (χ3v) is 18.6. The molecule has 600 valence electrons. The SMILES string of the molecule is CC/C=C\C/C=C\C/C=C\C/C=C\C/C=C\CCCCCCCCCCCCCCCCCCCCCC(=O)OCC(O)COP(=O)(O)OCC(O)COP(=O)(O)OCC(COC(=O)CCCCCC/C=C\C/C=C\C/C=C\C/C=C\CC)OC(=O)CCCCCC/C=C\C/C=C\C/C=C\C/C=C\CC. The Labute approximate surface area is 638 Å². The van der Waals surface area contributed by atoms with E-state index in [0.29, 0.717) is 19.3 Å².